The highest BCUT2D eigenvalue weighted by atomic mass is 79.9. The number of benzene rings is 2. The van der Waals surface area contributed by atoms with Gasteiger partial charge in [-0.05, 0) is 30.3 Å². The molecule has 0 aliphatic rings. The maximum absolute atomic E-state index is 12.7. The van der Waals surface area contributed by atoms with E-state index in [1.54, 1.807) is 12.1 Å². The molecule has 0 spiro atoms. The number of para-hydroxylation sites is 1. The van der Waals surface area contributed by atoms with Crippen LogP contribution in [0.25, 0.3) is 0 Å². The van der Waals surface area contributed by atoms with Crippen molar-refractivity contribution in [3.8, 4) is 11.5 Å². The molecular weight excluding hydrogens is 271 g/mol. The van der Waals surface area contributed by atoms with Gasteiger partial charge in [-0.2, -0.15) is 0 Å². The highest BCUT2D eigenvalue weighted by molar-refractivity contribution is 9.08. The van der Waals surface area contributed by atoms with Crippen molar-refractivity contribution < 1.29 is 9.13 Å². The Labute approximate surface area is 102 Å². The summed E-state index contributed by atoms with van der Waals surface area (Å²) in [5.41, 5.74) is 1.06. The Kier molecular flexibility index (Phi) is 3.57. The lowest BCUT2D eigenvalue weighted by atomic mass is 10.2. The molecular formula is C13H10BrFO. The largest absolute Gasteiger partial charge is 0.457 e. The summed E-state index contributed by atoms with van der Waals surface area (Å²) in [4.78, 5) is 0. The van der Waals surface area contributed by atoms with Crippen LogP contribution in [0.15, 0.2) is 48.5 Å². The Balaban J connectivity index is 2.23. The summed E-state index contributed by atoms with van der Waals surface area (Å²) >= 11 is 3.39. The van der Waals surface area contributed by atoms with Gasteiger partial charge in [-0.3, -0.25) is 0 Å². The molecule has 0 heterocycles. The predicted octanol–water partition coefficient (Wildman–Crippen LogP) is 4.51. The predicted molar refractivity (Wildman–Crippen MR) is 65.5 cm³/mol. The molecule has 0 atom stereocenters. The first kappa shape index (κ1) is 11.1. The van der Waals surface area contributed by atoms with Crippen molar-refractivity contribution in [3.63, 3.8) is 0 Å². The van der Waals surface area contributed by atoms with E-state index in [-0.39, 0.29) is 5.82 Å². The van der Waals surface area contributed by atoms with Crippen LogP contribution in [-0.2, 0) is 5.33 Å². The number of hydrogen-bond acceptors (Lipinski definition) is 1. The van der Waals surface area contributed by atoms with E-state index in [4.69, 9.17) is 4.74 Å². The van der Waals surface area contributed by atoms with Crippen LogP contribution in [0.1, 0.15) is 5.56 Å². The normalized spacial score (nSPS) is 10.1. The lowest BCUT2D eigenvalue weighted by molar-refractivity contribution is 0.476. The van der Waals surface area contributed by atoms with Crippen molar-refractivity contribution in [2.24, 2.45) is 0 Å². The minimum atomic E-state index is -0.263. The summed E-state index contributed by atoms with van der Waals surface area (Å²) in [6.07, 6.45) is 0. The number of ether oxygens (including phenoxy) is 1. The Morgan fingerprint density at radius 1 is 1.00 bits per heavy atom. The third-order valence-electron chi connectivity index (χ3n) is 2.16. The van der Waals surface area contributed by atoms with Gasteiger partial charge in [0.05, 0.1) is 0 Å². The molecule has 2 aromatic rings. The fraction of sp³-hybridized carbons (Fsp3) is 0.0769. The lowest BCUT2D eigenvalue weighted by Gasteiger charge is -2.08. The van der Waals surface area contributed by atoms with Crippen LogP contribution in [0, 0.1) is 5.82 Å². The SMILES string of the molecule is Fc1ccc(Oc2ccccc2CBr)cc1. The standard InChI is InChI=1S/C13H10BrFO/c14-9-10-3-1-2-4-13(10)16-12-7-5-11(15)6-8-12/h1-8H,9H2. The van der Waals surface area contributed by atoms with Crippen molar-refractivity contribution in [2.75, 3.05) is 0 Å². The summed E-state index contributed by atoms with van der Waals surface area (Å²) in [6.45, 7) is 0. The Morgan fingerprint density at radius 3 is 2.38 bits per heavy atom. The Hall–Kier alpha value is -1.35. The molecule has 2 rings (SSSR count). The smallest absolute Gasteiger partial charge is 0.131 e. The van der Waals surface area contributed by atoms with E-state index in [0.29, 0.717) is 5.75 Å². The molecule has 1 nitrogen and oxygen atoms in total. The molecule has 82 valence electrons. The molecule has 0 fully saturated rings. The molecule has 3 heteroatoms. The molecule has 2 aromatic carbocycles. The molecule has 0 amide bonds. The van der Waals surface area contributed by atoms with Gasteiger partial charge in [-0.15, -0.1) is 0 Å². The molecule has 0 saturated carbocycles. The van der Waals surface area contributed by atoms with Gasteiger partial charge in [0.25, 0.3) is 0 Å². The molecule has 0 bridgehead atoms. The maximum atomic E-state index is 12.7. The van der Waals surface area contributed by atoms with Crippen LogP contribution in [-0.4, -0.2) is 0 Å². The molecule has 0 unspecified atom stereocenters. The first-order chi connectivity index (χ1) is 7.79. The maximum Gasteiger partial charge on any atom is 0.131 e. The summed E-state index contributed by atoms with van der Waals surface area (Å²) < 4.78 is 18.4. The molecule has 0 aliphatic carbocycles. The Bertz CT molecular complexity index is 468. The van der Waals surface area contributed by atoms with Crippen LogP contribution < -0.4 is 4.74 Å². The van der Waals surface area contributed by atoms with E-state index in [0.717, 1.165) is 16.6 Å². The van der Waals surface area contributed by atoms with Crippen LogP contribution in [0.4, 0.5) is 4.39 Å². The summed E-state index contributed by atoms with van der Waals surface area (Å²) in [7, 11) is 0. The molecule has 16 heavy (non-hydrogen) atoms. The van der Waals surface area contributed by atoms with E-state index in [1.807, 2.05) is 24.3 Å². The van der Waals surface area contributed by atoms with E-state index in [2.05, 4.69) is 15.9 Å². The van der Waals surface area contributed by atoms with Crippen LogP contribution in [0.3, 0.4) is 0 Å². The molecule has 0 aromatic heterocycles. The van der Waals surface area contributed by atoms with Crippen molar-refractivity contribution in [3.05, 3.63) is 59.9 Å². The second-order valence-corrected chi connectivity index (χ2v) is 3.86. The zero-order valence-electron chi connectivity index (χ0n) is 8.49. The average molecular weight is 281 g/mol. The number of hydrogen-bond donors (Lipinski definition) is 0. The molecule has 0 saturated heterocycles. The van der Waals surface area contributed by atoms with Gasteiger partial charge in [0.1, 0.15) is 17.3 Å². The quantitative estimate of drug-likeness (QED) is 0.752. The molecule has 0 N–H and O–H groups in total. The first-order valence-electron chi connectivity index (χ1n) is 4.87. The average Bonchev–Trinajstić information content (AvgIpc) is 2.33. The van der Waals surface area contributed by atoms with Crippen LogP contribution >= 0.6 is 15.9 Å². The van der Waals surface area contributed by atoms with Crippen molar-refractivity contribution in [2.45, 2.75) is 5.33 Å². The zero-order valence-corrected chi connectivity index (χ0v) is 10.1. The van der Waals surface area contributed by atoms with Crippen LogP contribution in [0.5, 0.6) is 11.5 Å². The molecule has 0 aliphatic heterocycles. The fourth-order valence-corrected chi connectivity index (χ4v) is 1.81. The van der Waals surface area contributed by atoms with E-state index in [9.17, 15) is 4.39 Å². The summed E-state index contributed by atoms with van der Waals surface area (Å²) in [5, 5.41) is 0.727. The van der Waals surface area contributed by atoms with Crippen molar-refractivity contribution >= 4 is 15.9 Å². The highest BCUT2D eigenvalue weighted by Crippen LogP contribution is 2.26. The van der Waals surface area contributed by atoms with Gasteiger partial charge in [0.15, 0.2) is 0 Å². The van der Waals surface area contributed by atoms with Crippen molar-refractivity contribution in [1.82, 2.24) is 0 Å². The van der Waals surface area contributed by atoms with E-state index in [1.165, 1.54) is 12.1 Å². The Morgan fingerprint density at radius 2 is 1.69 bits per heavy atom. The lowest BCUT2D eigenvalue weighted by Crippen LogP contribution is -1.88. The first-order valence-corrected chi connectivity index (χ1v) is 5.99. The van der Waals surface area contributed by atoms with Gasteiger partial charge in [0, 0.05) is 10.9 Å². The van der Waals surface area contributed by atoms with Crippen LogP contribution in [0.2, 0.25) is 0 Å². The topological polar surface area (TPSA) is 9.23 Å². The summed E-state index contributed by atoms with van der Waals surface area (Å²) in [5.74, 6) is 1.15. The third kappa shape index (κ3) is 2.61. The van der Waals surface area contributed by atoms with Gasteiger partial charge in [-0.25, -0.2) is 4.39 Å². The number of alkyl halides is 1. The minimum absolute atomic E-state index is 0.263. The second kappa shape index (κ2) is 5.12. The number of rotatable bonds is 3. The van der Waals surface area contributed by atoms with Gasteiger partial charge in [0.2, 0.25) is 0 Å². The number of halogens is 2. The summed E-state index contributed by atoms with van der Waals surface area (Å²) in [6, 6.07) is 13.7. The van der Waals surface area contributed by atoms with E-state index < -0.39 is 0 Å². The molecule has 0 radical (unpaired) electrons. The van der Waals surface area contributed by atoms with Gasteiger partial charge in [-0.1, -0.05) is 34.1 Å². The second-order valence-electron chi connectivity index (χ2n) is 3.30. The monoisotopic (exact) mass is 280 g/mol. The fourth-order valence-electron chi connectivity index (χ4n) is 1.34. The highest BCUT2D eigenvalue weighted by Gasteiger charge is 2.02. The van der Waals surface area contributed by atoms with Crippen molar-refractivity contribution in [1.29, 1.82) is 0 Å². The van der Waals surface area contributed by atoms with Gasteiger partial charge >= 0.3 is 0 Å². The van der Waals surface area contributed by atoms with E-state index >= 15 is 0 Å². The zero-order chi connectivity index (χ0) is 11.4. The minimum Gasteiger partial charge on any atom is -0.457 e. The third-order valence-corrected chi connectivity index (χ3v) is 2.76. The van der Waals surface area contributed by atoms with Gasteiger partial charge < -0.3 is 4.74 Å².